The van der Waals surface area contributed by atoms with Crippen molar-refractivity contribution in [3.05, 3.63) is 63.5 Å². The Labute approximate surface area is 205 Å². The molecule has 0 spiro atoms. The number of nitrogens with one attached hydrogen (secondary N) is 1. The van der Waals surface area contributed by atoms with Gasteiger partial charge in [-0.2, -0.15) is 0 Å². The number of hydrogen-bond acceptors (Lipinski definition) is 6. The van der Waals surface area contributed by atoms with Crippen molar-refractivity contribution in [2.75, 3.05) is 11.9 Å². The second-order valence-corrected chi connectivity index (χ2v) is 9.39. The number of aromatic carboxylic acids is 1. The van der Waals surface area contributed by atoms with Gasteiger partial charge in [-0.3, -0.25) is 14.5 Å². The zero-order valence-corrected chi connectivity index (χ0v) is 19.8. The van der Waals surface area contributed by atoms with E-state index in [1.165, 1.54) is 30.0 Å². The molecule has 0 bridgehead atoms. The van der Waals surface area contributed by atoms with Gasteiger partial charge in [0.2, 0.25) is 5.91 Å². The molecule has 2 aromatic rings. The Morgan fingerprint density at radius 3 is 2.52 bits per heavy atom. The first-order valence-electron chi connectivity index (χ1n) is 10.1. The van der Waals surface area contributed by atoms with Gasteiger partial charge < -0.3 is 15.5 Å². The maximum Gasteiger partial charge on any atom is 0.339 e. The molecule has 7 nitrogen and oxygen atoms in total. The van der Waals surface area contributed by atoms with Crippen LogP contribution in [0.25, 0.3) is 6.08 Å². The minimum absolute atomic E-state index is 0.123. The second-order valence-electron chi connectivity index (χ2n) is 7.28. The maximum atomic E-state index is 12.7. The van der Waals surface area contributed by atoms with Crippen LogP contribution >= 0.6 is 35.6 Å². The summed E-state index contributed by atoms with van der Waals surface area (Å²) in [6, 6.07) is 11.1. The number of carboxylic acids is 1. The molecule has 0 aromatic heterocycles. The molecule has 2 aromatic carbocycles. The van der Waals surface area contributed by atoms with Gasteiger partial charge in [0.05, 0.1) is 4.91 Å². The van der Waals surface area contributed by atoms with Crippen molar-refractivity contribution < 1.29 is 24.6 Å². The van der Waals surface area contributed by atoms with E-state index in [-0.39, 0.29) is 23.8 Å². The summed E-state index contributed by atoms with van der Waals surface area (Å²) < 4.78 is 0.516. The van der Waals surface area contributed by atoms with Crippen LogP contribution in [0.3, 0.4) is 0 Å². The molecule has 1 aliphatic heterocycles. The molecule has 0 unspecified atom stereocenters. The molecule has 1 heterocycles. The smallest absolute Gasteiger partial charge is 0.339 e. The van der Waals surface area contributed by atoms with Gasteiger partial charge >= 0.3 is 5.97 Å². The highest BCUT2D eigenvalue weighted by molar-refractivity contribution is 8.26. The lowest BCUT2D eigenvalue weighted by atomic mass is 10.1. The minimum Gasteiger partial charge on any atom is -0.507 e. The van der Waals surface area contributed by atoms with Crippen LogP contribution in [0, 0.1) is 0 Å². The number of amides is 2. The van der Waals surface area contributed by atoms with Gasteiger partial charge in [-0.05, 0) is 48.7 Å². The Kier molecular flexibility index (Phi) is 8.49. The number of hydrogen-bond donors (Lipinski definition) is 3. The molecule has 1 aliphatic rings. The van der Waals surface area contributed by atoms with E-state index in [0.29, 0.717) is 39.3 Å². The molecular formula is C23H21ClN2O5S2. The first-order valence-corrected chi connectivity index (χ1v) is 11.7. The highest BCUT2D eigenvalue weighted by Crippen LogP contribution is 2.33. The average molecular weight is 505 g/mol. The third-order valence-corrected chi connectivity index (χ3v) is 6.47. The van der Waals surface area contributed by atoms with Crippen LogP contribution in [0.2, 0.25) is 5.02 Å². The fourth-order valence-corrected chi connectivity index (χ4v) is 4.58. The molecule has 0 aliphatic carbocycles. The summed E-state index contributed by atoms with van der Waals surface area (Å²) in [6.07, 6.45) is 4.09. The maximum absolute atomic E-state index is 12.7. The molecule has 0 saturated carbocycles. The van der Waals surface area contributed by atoms with Crippen LogP contribution in [0.15, 0.2) is 47.4 Å². The SMILES string of the molecule is O=C(CCCCCN1C(=O)/C(=C/c2ccc(Cl)cc2)SC1=S)Nc1ccc(C(=O)O)c(O)c1. The fraction of sp³-hybridized carbons (Fsp3) is 0.217. The average Bonchev–Trinajstić information content (AvgIpc) is 3.02. The fourth-order valence-electron chi connectivity index (χ4n) is 3.15. The molecule has 0 atom stereocenters. The molecule has 1 saturated heterocycles. The predicted molar refractivity (Wildman–Crippen MR) is 133 cm³/mol. The van der Waals surface area contributed by atoms with Crippen molar-refractivity contribution in [1.82, 2.24) is 4.90 Å². The van der Waals surface area contributed by atoms with Crippen molar-refractivity contribution in [2.45, 2.75) is 25.7 Å². The second kappa shape index (κ2) is 11.3. The molecule has 33 heavy (non-hydrogen) atoms. The Morgan fingerprint density at radius 2 is 1.85 bits per heavy atom. The van der Waals surface area contributed by atoms with Crippen molar-refractivity contribution in [3.8, 4) is 5.75 Å². The summed E-state index contributed by atoms with van der Waals surface area (Å²) in [5, 5.41) is 21.9. The number of thioether (sulfide) groups is 1. The molecule has 2 amide bonds. The monoisotopic (exact) mass is 504 g/mol. The van der Waals surface area contributed by atoms with E-state index >= 15 is 0 Å². The number of halogens is 1. The summed E-state index contributed by atoms with van der Waals surface area (Å²) in [4.78, 5) is 37.8. The number of nitrogens with zero attached hydrogens (tertiary/aromatic N) is 1. The topological polar surface area (TPSA) is 107 Å². The number of carboxylic acid groups (broad SMARTS) is 1. The number of carbonyl (C=O) groups excluding carboxylic acids is 2. The Morgan fingerprint density at radius 1 is 1.12 bits per heavy atom. The number of thiocarbonyl (C=S) groups is 1. The number of benzene rings is 2. The van der Waals surface area contributed by atoms with E-state index in [1.54, 1.807) is 23.1 Å². The van der Waals surface area contributed by atoms with Gasteiger partial charge in [0.25, 0.3) is 5.91 Å². The van der Waals surface area contributed by atoms with Crippen LogP contribution in [0.1, 0.15) is 41.6 Å². The number of aromatic hydroxyl groups is 1. The first-order chi connectivity index (χ1) is 15.7. The Bertz CT molecular complexity index is 1120. The molecule has 10 heteroatoms. The van der Waals surface area contributed by atoms with Crippen LogP contribution in [0.5, 0.6) is 5.75 Å². The van der Waals surface area contributed by atoms with Gasteiger partial charge in [0.15, 0.2) is 0 Å². The zero-order chi connectivity index (χ0) is 24.0. The number of rotatable bonds is 9. The summed E-state index contributed by atoms with van der Waals surface area (Å²) >= 11 is 12.5. The normalized spacial score (nSPS) is 14.7. The van der Waals surface area contributed by atoms with Crippen molar-refractivity contribution in [2.24, 2.45) is 0 Å². The van der Waals surface area contributed by atoms with Crippen molar-refractivity contribution in [3.63, 3.8) is 0 Å². The number of phenols is 1. The summed E-state index contributed by atoms with van der Waals surface area (Å²) in [5.74, 6) is -2.02. The van der Waals surface area contributed by atoms with Crippen LogP contribution in [0.4, 0.5) is 5.69 Å². The predicted octanol–water partition coefficient (Wildman–Crippen LogP) is 5.14. The van der Waals surface area contributed by atoms with Gasteiger partial charge in [-0.25, -0.2) is 4.79 Å². The van der Waals surface area contributed by atoms with Gasteiger partial charge in [-0.1, -0.05) is 54.1 Å². The standard InChI is InChI=1S/C23H21ClN2O5S2/c24-15-7-5-14(6-8-15)12-19-21(29)26(23(32)33-19)11-3-1-2-4-20(28)25-16-9-10-17(22(30)31)18(27)13-16/h5-10,12-13,27H,1-4,11H2,(H,25,28)(H,30,31)/b19-12-. The van der Waals surface area contributed by atoms with Crippen LogP contribution in [-0.2, 0) is 9.59 Å². The molecule has 1 fully saturated rings. The lowest BCUT2D eigenvalue weighted by molar-refractivity contribution is -0.122. The number of unbranched alkanes of at least 4 members (excludes halogenated alkanes) is 2. The molecule has 0 radical (unpaired) electrons. The van der Waals surface area contributed by atoms with Gasteiger partial charge in [0, 0.05) is 29.7 Å². The highest BCUT2D eigenvalue weighted by atomic mass is 35.5. The third kappa shape index (κ3) is 6.80. The largest absolute Gasteiger partial charge is 0.507 e. The van der Waals surface area contributed by atoms with E-state index in [2.05, 4.69) is 5.32 Å². The van der Waals surface area contributed by atoms with E-state index in [4.69, 9.17) is 28.9 Å². The van der Waals surface area contributed by atoms with Crippen molar-refractivity contribution >= 4 is 69.4 Å². The highest BCUT2D eigenvalue weighted by Gasteiger charge is 2.31. The van der Waals surface area contributed by atoms with E-state index in [0.717, 1.165) is 12.0 Å². The molecule has 3 rings (SSSR count). The lowest BCUT2D eigenvalue weighted by Gasteiger charge is -2.14. The van der Waals surface area contributed by atoms with E-state index < -0.39 is 11.7 Å². The molecule has 172 valence electrons. The Hall–Kier alpha value is -2.88. The van der Waals surface area contributed by atoms with Gasteiger partial charge in [0.1, 0.15) is 15.6 Å². The van der Waals surface area contributed by atoms with E-state index in [1.807, 2.05) is 12.1 Å². The lowest BCUT2D eigenvalue weighted by Crippen LogP contribution is -2.29. The first kappa shape index (κ1) is 24.8. The third-order valence-electron chi connectivity index (χ3n) is 4.84. The zero-order valence-electron chi connectivity index (χ0n) is 17.4. The summed E-state index contributed by atoms with van der Waals surface area (Å²) in [7, 11) is 0. The summed E-state index contributed by atoms with van der Waals surface area (Å²) in [5.41, 5.74) is 0.969. The minimum atomic E-state index is -1.24. The number of anilines is 1. The summed E-state index contributed by atoms with van der Waals surface area (Å²) in [6.45, 7) is 0.481. The van der Waals surface area contributed by atoms with Crippen LogP contribution < -0.4 is 5.32 Å². The quantitative estimate of drug-likeness (QED) is 0.246. The van der Waals surface area contributed by atoms with Crippen molar-refractivity contribution in [1.29, 1.82) is 0 Å². The molecule has 3 N–H and O–H groups in total. The Balaban J connectivity index is 1.41. The number of carbonyl (C=O) groups is 3. The molecular weight excluding hydrogens is 484 g/mol. The van der Waals surface area contributed by atoms with E-state index in [9.17, 15) is 19.5 Å². The van der Waals surface area contributed by atoms with Crippen LogP contribution in [-0.4, -0.2) is 43.8 Å². The van der Waals surface area contributed by atoms with Gasteiger partial charge in [-0.15, -0.1) is 0 Å².